The van der Waals surface area contributed by atoms with Gasteiger partial charge in [-0.15, -0.1) is 11.3 Å². The van der Waals surface area contributed by atoms with Crippen molar-refractivity contribution in [2.75, 3.05) is 0 Å². The van der Waals surface area contributed by atoms with Crippen molar-refractivity contribution in [2.45, 2.75) is 0 Å². The van der Waals surface area contributed by atoms with Crippen molar-refractivity contribution >= 4 is 17.6 Å². The van der Waals surface area contributed by atoms with Crippen LogP contribution in [-0.2, 0) is 17.1 Å². The zero-order valence-electron chi connectivity index (χ0n) is 9.60. The molecule has 1 aromatic rings. The van der Waals surface area contributed by atoms with Gasteiger partial charge in [-0.1, -0.05) is 0 Å². The molecule has 0 spiro atoms. The van der Waals surface area contributed by atoms with Crippen molar-refractivity contribution in [3.05, 3.63) is 85.6 Å². The number of carbonyl (C=O) groups is 1. The number of hydrogen-bond acceptors (Lipinski definition) is 2. The first kappa shape index (κ1) is 15.9. The van der Waals surface area contributed by atoms with E-state index in [0.717, 1.165) is 16.0 Å². The van der Waals surface area contributed by atoms with Crippen molar-refractivity contribution in [1.29, 1.82) is 0 Å². The van der Waals surface area contributed by atoms with Crippen LogP contribution in [0.4, 0.5) is 0 Å². The summed E-state index contributed by atoms with van der Waals surface area (Å²) < 4.78 is 0. The summed E-state index contributed by atoms with van der Waals surface area (Å²) in [4.78, 5) is 12.3. The van der Waals surface area contributed by atoms with Crippen LogP contribution in [0.15, 0.2) is 12.1 Å². The van der Waals surface area contributed by atoms with Crippen molar-refractivity contribution in [3.63, 3.8) is 0 Å². The molecule has 10 radical (unpaired) electrons. The van der Waals surface area contributed by atoms with E-state index in [1.165, 1.54) is 17.3 Å². The molecule has 0 aromatic carbocycles. The van der Waals surface area contributed by atoms with Gasteiger partial charge in [0.2, 0.25) is 0 Å². The van der Waals surface area contributed by atoms with Crippen LogP contribution in [0, 0.1) is 63.7 Å². The molecule has 18 heavy (non-hydrogen) atoms. The number of carbonyl (C=O) groups excluding carboxylic acids is 1. The zero-order valence-corrected chi connectivity index (χ0v) is 11.5. The average molecular weight is 296 g/mol. The van der Waals surface area contributed by atoms with E-state index >= 15 is 0 Å². The van der Waals surface area contributed by atoms with Gasteiger partial charge in [0.05, 0.1) is 4.88 Å². The Morgan fingerprint density at radius 3 is 1.83 bits per heavy atom. The summed E-state index contributed by atoms with van der Waals surface area (Å²) in [5.74, 6) is 1.19. The molecule has 0 bridgehead atoms. The molecule has 0 unspecified atom stereocenters. The Balaban J connectivity index is 0.000000230. The SMILES string of the molecule is O=Cc1ccc([C]2[CH][CH][CH][CH]2)s1.[CH]1[CH][CH][CH][CH]1.[Fe+2]. The minimum Gasteiger partial charge on any atom is -0.297 e. The van der Waals surface area contributed by atoms with Gasteiger partial charge in [0.25, 0.3) is 0 Å². The summed E-state index contributed by atoms with van der Waals surface area (Å²) in [5.41, 5.74) is 0. The number of rotatable bonds is 2. The van der Waals surface area contributed by atoms with Crippen molar-refractivity contribution < 1.29 is 21.9 Å². The third kappa shape index (κ3) is 4.87. The number of aldehydes is 1. The molecule has 3 rings (SSSR count). The van der Waals surface area contributed by atoms with E-state index in [-0.39, 0.29) is 17.1 Å². The third-order valence-corrected chi connectivity index (χ3v) is 3.31. The summed E-state index contributed by atoms with van der Waals surface area (Å²) in [6, 6.07) is 3.82. The number of thiophene rings is 1. The molecule has 3 heteroatoms. The van der Waals surface area contributed by atoms with Crippen molar-refractivity contribution in [1.82, 2.24) is 0 Å². The Kier molecular flexibility index (Phi) is 7.88. The van der Waals surface area contributed by atoms with E-state index in [1.54, 1.807) is 0 Å². The van der Waals surface area contributed by atoms with E-state index in [4.69, 9.17) is 0 Å². The molecular formula is C15H12FeOS+2. The molecule has 0 atom stereocenters. The van der Waals surface area contributed by atoms with Crippen LogP contribution < -0.4 is 0 Å². The first-order chi connectivity index (χ1) is 8.40. The second-order valence-electron chi connectivity index (χ2n) is 3.46. The Hall–Kier alpha value is -0.111. The van der Waals surface area contributed by atoms with Crippen LogP contribution >= 0.6 is 11.3 Å². The summed E-state index contributed by atoms with van der Waals surface area (Å²) >= 11 is 1.52. The first-order valence-corrected chi connectivity index (χ1v) is 6.15. The largest absolute Gasteiger partial charge is 2.00 e. The van der Waals surface area contributed by atoms with Gasteiger partial charge in [-0.2, -0.15) is 0 Å². The molecule has 1 aromatic heterocycles. The average Bonchev–Trinajstić information content (AvgIpc) is 3.12. The van der Waals surface area contributed by atoms with Crippen LogP contribution in [0.2, 0.25) is 0 Å². The fourth-order valence-electron chi connectivity index (χ4n) is 1.43. The quantitative estimate of drug-likeness (QED) is 0.604. The Morgan fingerprint density at radius 1 is 0.833 bits per heavy atom. The maximum absolute atomic E-state index is 10.4. The molecule has 0 N–H and O–H groups in total. The Labute approximate surface area is 125 Å². The van der Waals surface area contributed by atoms with Crippen molar-refractivity contribution in [2.24, 2.45) is 0 Å². The first-order valence-electron chi connectivity index (χ1n) is 5.34. The second kappa shape index (κ2) is 8.90. The molecule has 2 aliphatic rings. The predicted molar refractivity (Wildman–Crippen MR) is 70.8 cm³/mol. The third-order valence-electron chi connectivity index (χ3n) is 2.25. The van der Waals surface area contributed by atoms with Gasteiger partial charge in [0.15, 0.2) is 6.29 Å². The smallest absolute Gasteiger partial charge is 0.297 e. The normalized spacial score (nSPS) is 18.9. The molecule has 0 saturated heterocycles. The Bertz CT molecular complexity index is 330. The Morgan fingerprint density at radius 2 is 1.39 bits per heavy atom. The van der Waals surface area contributed by atoms with E-state index in [2.05, 4.69) is 0 Å². The number of hydrogen-bond donors (Lipinski definition) is 0. The fourth-order valence-corrected chi connectivity index (χ4v) is 2.26. The van der Waals surface area contributed by atoms with Gasteiger partial charge in [-0.25, -0.2) is 0 Å². The summed E-state index contributed by atoms with van der Waals surface area (Å²) in [6.07, 6.45) is 19.0. The molecule has 1 nitrogen and oxygen atoms in total. The van der Waals surface area contributed by atoms with E-state index in [0.29, 0.717) is 0 Å². The summed E-state index contributed by atoms with van der Waals surface area (Å²) in [5, 5.41) is 0. The maximum Gasteiger partial charge on any atom is 2.00 e. The molecule has 2 saturated carbocycles. The minimum absolute atomic E-state index is 0. The van der Waals surface area contributed by atoms with E-state index < -0.39 is 0 Å². The second-order valence-corrected chi connectivity index (χ2v) is 4.57. The van der Waals surface area contributed by atoms with Gasteiger partial charge in [0.1, 0.15) is 0 Å². The van der Waals surface area contributed by atoms with Crippen LogP contribution in [0.25, 0.3) is 0 Å². The molecule has 0 amide bonds. The monoisotopic (exact) mass is 296 g/mol. The summed E-state index contributed by atoms with van der Waals surface area (Å²) in [6.45, 7) is 0. The molecule has 2 aliphatic carbocycles. The minimum atomic E-state index is 0. The van der Waals surface area contributed by atoms with Gasteiger partial charge in [0, 0.05) is 10.8 Å². The predicted octanol–water partition coefficient (Wildman–Crippen LogP) is 3.33. The molecular weight excluding hydrogens is 284 g/mol. The topological polar surface area (TPSA) is 17.1 Å². The van der Waals surface area contributed by atoms with E-state index in [1.807, 2.05) is 69.9 Å². The zero-order chi connectivity index (χ0) is 11.9. The molecule has 90 valence electrons. The standard InChI is InChI=1S/C10H7OS.C5H5.Fe/c11-7-9-5-6-10(12-9)8-3-1-2-4-8;1-2-4-5-3-1;/h1-7H;1-5H;/q;;+2. The van der Waals surface area contributed by atoms with Gasteiger partial charge in [-0.3, -0.25) is 4.79 Å². The molecule has 0 aliphatic heterocycles. The van der Waals surface area contributed by atoms with Gasteiger partial charge >= 0.3 is 17.1 Å². The van der Waals surface area contributed by atoms with Crippen LogP contribution in [0.3, 0.4) is 0 Å². The van der Waals surface area contributed by atoms with Crippen LogP contribution in [0.1, 0.15) is 14.5 Å². The van der Waals surface area contributed by atoms with Gasteiger partial charge < -0.3 is 0 Å². The molecule has 1 heterocycles. The van der Waals surface area contributed by atoms with Crippen molar-refractivity contribution in [3.8, 4) is 0 Å². The summed E-state index contributed by atoms with van der Waals surface area (Å²) in [7, 11) is 0. The molecule has 2 fully saturated rings. The van der Waals surface area contributed by atoms with E-state index in [9.17, 15) is 4.79 Å². The maximum atomic E-state index is 10.4. The fraction of sp³-hybridized carbons (Fsp3) is 0. The van der Waals surface area contributed by atoms with Crippen LogP contribution in [-0.4, -0.2) is 6.29 Å². The van der Waals surface area contributed by atoms with Gasteiger partial charge in [-0.05, 0) is 69.9 Å². The van der Waals surface area contributed by atoms with Crippen LogP contribution in [0.5, 0.6) is 0 Å².